The van der Waals surface area contributed by atoms with Gasteiger partial charge in [0.05, 0.1) is 12.0 Å². The molecule has 66 valence electrons. The second-order valence-electron chi connectivity index (χ2n) is 2.08. The first kappa shape index (κ1) is 10.7. The van der Waals surface area contributed by atoms with Gasteiger partial charge in [0.2, 0.25) is 0 Å². The Kier molecular flexibility index (Phi) is 4.07. The molecule has 0 aliphatic rings. The van der Waals surface area contributed by atoms with Gasteiger partial charge < -0.3 is 10.1 Å². The number of rotatable bonds is 2. The van der Waals surface area contributed by atoms with Crippen LogP contribution in [0, 0.1) is 6.92 Å². The lowest BCUT2D eigenvalue weighted by molar-refractivity contribution is -0.131. The Morgan fingerprint density at radius 3 is 2.83 bits per heavy atom. The Labute approximate surface area is 75.7 Å². The lowest BCUT2D eigenvalue weighted by Crippen LogP contribution is -1.86. The molecule has 0 radical (unpaired) electrons. The number of hydrogen-bond donors (Lipinski definition) is 2. The van der Waals surface area contributed by atoms with Crippen LogP contribution in [0.3, 0.4) is 0 Å². The third-order valence-corrected chi connectivity index (χ3v) is 1.25. The Morgan fingerprint density at radius 2 is 2.42 bits per heavy atom. The first-order chi connectivity index (χ1) is 5.20. The summed E-state index contributed by atoms with van der Waals surface area (Å²) < 4.78 is 0. The summed E-state index contributed by atoms with van der Waals surface area (Å²) in [5.41, 5.74) is 1.52. The highest BCUT2D eigenvalue weighted by molar-refractivity contribution is 5.85. The van der Waals surface area contributed by atoms with E-state index >= 15 is 0 Å². The van der Waals surface area contributed by atoms with Crippen LogP contribution in [0.2, 0.25) is 0 Å². The summed E-state index contributed by atoms with van der Waals surface area (Å²) in [5.74, 6) is -0.965. The maximum Gasteiger partial charge on any atom is 0.328 e. The van der Waals surface area contributed by atoms with Gasteiger partial charge in [-0.05, 0) is 13.0 Å². The van der Waals surface area contributed by atoms with Crippen molar-refractivity contribution in [2.24, 2.45) is 0 Å². The van der Waals surface area contributed by atoms with Crippen LogP contribution in [0.4, 0.5) is 0 Å². The maximum atomic E-state index is 10.1. The maximum absolute atomic E-state index is 10.1. The van der Waals surface area contributed by atoms with Crippen LogP contribution >= 0.6 is 12.4 Å². The number of nitrogens with one attached hydrogen (secondary N) is 1. The van der Waals surface area contributed by atoms with Crippen molar-refractivity contribution < 1.29 is 9.90 Å². The van der Waals surface area contributed by atoms with E-state index in [1.54, 1.807) is 0 Å². The number of halogens is 1. The largest absolute Gasteiger partial charge is 0.478 e. The fourth-order valence-electron chi connectivity index (χ4n) is 0.688. The second kappa shape index (κ2) is 4.56. The smallest absolute Gasteiger partial charge is 0.328 e. The molecule has 1 rings (SSSR count). The number of aromatic amines is 1. The molecular formula is C7H9ClN2O2. The molecule has 0 bridgehead atoms. The molecule has 0 atom stereocenters. The van der Waals surface area contributed by atoms with Gasteiger partial charge in [0, 0.05) is 11.8 Å². The topological polar surface area (TPSA) is 66.0 Å². The number of aryl methyl sites for hydroxylation is 1. The monoisotopic (exact) mass is 188 g/mol. The zero-order valence-corrected chi connectivity index (χ0v) is 7.26. The highest BCUT2D eigenvalue weighted by atomic mass is 35.5. The highest BCUT2D eigenvalue weighted by Gasteiger charge is 1.95. The lowest BCUT2D eigenvalue weighted by atomic mass is 10.3. The van der Waals surface area contributed by atoms with E-state index in [2.05, 4.69) is 9.97 Å². The normalized spacial score (nSPS) is 9.75. The number of aromatic nitrogens is 2. The van der Waals surface area contributed by atoms with Crippen molar-refractivity contribution in [2.75, 3.05) is 0 Å². The molecule has 0 fully saturated rings. The molecule has 5 heteroatoms. The van der Waals surface area contributed by atoms with Crippen molar-refractivity contribution in [3.8, 4) is 0 Å². The first-order valence-corrected chi connectivity index (χ1v) is 3.11. The van der Waals surface area contributed by atoms with Crippen LogP contribution in [0.25, 0.3) is 6.08 Å². The molecule has 1 aromatic rings. The quantitative estimate of drug-likeness (QED) is 0.687. The summed E-state index contributed by atoms with van der Waals surface area (Å²) in [6, 6.07) is 0. The summed E-state index contributed by atoms with van der Waals surface area (Å²) in [7, 11) is 0. The predicted octanol–water partition coefficient (Wildman–Crippen LogP) is 1.24. The minimum Gasteiger partial charge on any atom is -0.478 e. The minimum atomic E-state index is -0.965. The Balaban J connectivity index is 0.00000121. The fraction of sp³-hybridized carbons (Fsp3) is 0.143. The molecule has 0 aliphatic heterocycles. The molecule has 0 aromatic carbocycles. The van der Waals surface area contributed by atoms with Gasteiger partial charge in [0.15, 0.2) is 0 Å². The van der Waals surface area contributed by atoms with Crippen molar-refractivity contribution in [3.05, 3.63) is 23.8 Å². The van der Waals surface area contributed by atoms with E-state index in [4.69, 9.17) is 5.11 Å². The molecule has 4 nitrogen and oxygen atoms in total. The van der Waals surface area contributed by atoms with Crippen LogP contribution in [0.15, 0.2) is 12.4 Å². The number of carboxylic acid groups (broad SMARTS) is 1. The Bertz CT molecular complexity index is 293. The van der Waals surface area contributed by atoms with Gasteiger partial charge in [0.1, 0.15) is 0 Å². The fourth-order valence-corrected chi connectivity index (χ4v) is 0.688. The van der Waals surface area contributed by atoms with Crippen molar-refractivity contribution in [1.82, 2.24) is 9.97 Å². The lowest BCUT2D eigenvalue weighted by Gasteiger charge is -1.84. The molecule has 1 aromatic heterocycles. The van der Waals surface area contributed by atoms with E-state index < -0.39 is 5.97 Å². The molecular weight excluding hydrogens is 180 g/mol. The highest BCUT2D eigenvalue weighted by Crippen LogP contribution is 2.01. The Hall–Kier alpha value is -1.29. The van der Waals surface area contributed by atoms with E-state index in [0.717, 1.165) is 11.8 Å². The van der Waals surface area contributed by atoms with Crippen molar-refractivity contribution in [3.63, 3.8) is 0 Å². The number of nitrogens with zero attached hydrogens (tertiary/aromatic N) is 1. The molecule has 0 saturated carbocycles. The van der Waals surface area contributed by atoms with E-state index in [1.165, 1.54) is 12.4 Å². The third kappa shape index (κ3) is 2.75. The van der Waals surface area contributed by atoms with Gasteiger partial charge >= 0.3 is 5.97 Å². The standard InChI is InChI=1S/C7H8N2O2.ClH/c1-5-6(9-4-8-5)2-3-7(10)11;/h2-4H,1H3,(H,8,9)(H,10,11);1H. The summed E-state index contributed by atoms with van der Waals surface area (Å²) in [6.45, 7) is 1.83. The summed E-state index contributed by atoms with van der Waals surface area (Å²) in [4.78, 5) is 16.8. The van der Waals surface area contributed by atoms with Gasteiger partial charge in [-0.25, -0.2) is 9.78 Å². The second-order valence-corrected chi connectivity index (χ2v) is 2.08. The van der Waals surface area contributed by atoms with E-state index in [1.807, 2.05) is 6.92 Å². The molecule has 12 heavy (non-hydrogen) atoms. The van der Waals surface area contributed by atoms with Crippen molar-refractivity contribution in [2.45, 2.75) is 6.92 Å². The van der Waals surface area contributed by atoms with Crippen LogP contribution < -0.4 is 0 Å². The van der Waals surface area contributed by atoms with E-state index in [0.29, 0.717) is 5.69 Å². The minimum absolute atomic E-state index is 0. The third-order valence-electron chi connectivity index (χ3n) is 1.25. The Morgan fingerprint density at radius 1 is 1.75 bits per heavy atom. The average molecular weight is 189 g/mol. The zero-order valence-electron chi connectivity index (χ0n) is 6.44. The first-order valence-electron chi connectivity index (χ1n) is 3.11. The molecule has 0 aliphatic carbocycles. The average Bonchev–Trinajstić information content (AvgIpc) is 2.31. The van der Waals surface area contributed by atoms with Gasteiger partial charge in [-0.1, -0.05) is 0 Å². The summed E-state index contributed by atoms with van der Waals surface area (Å²) in [5, 5.41) is 8.28. The number of imidazole rings is 1. The van der Waals surface area contributed by atoms with Crippen molar-refractivity contribution >= 4 is 24.5 Å². The van der Waals surface area contributed by atoms with Gasteiger partial charge in [-0.3, -0.25) is 0 Å². The van der Waals surface area contributed by atoms with Crippen molar-refractivity contribution in [1.29, 1.82) is 0 Å². The van der Waals surface area contributed by atoms with Crippen LogP contribution in [0.5, 0.6) is 0 Å². The molecule has 2 N–H and O–H groups in total. The number of carboxylic acids is 1. The van der Waals surface area contributed by atoms with Crippen LogP contribution in [0.1, 0.15) is 11.4 Å². The number of hydrogen-bond acceptors (Lipinski definition) is 2. The van der Waals surface area contributed by atoms with Gasteiger partial charge in [-0.15, -0.1) is 12.4 Å². The van der Waals surface area contributed by atoms with Crippen LogP contribution in [-0.4, -0.2) is 21.0 Å². The molecule has 1 heterocycles. The predicted molar refractivity (Wildman–Crippen MR) is 47.2 cm³/mol. The molecule has 0 saturated heterocycles. The molecule has 0 unspecified atom stereocenters. The summed E-state index contributed by atoms with van der Waals surface area (Å²) in [6.07, 6.45) is 4.04. The SMILES string of the molecule is Cc1[nH]cnc1C=CC(=O)O.Cl. The van der Waals surface area contributed by atoms with Gasteiger partial charge in [-0.2, -0.15) is 0 Å². The van der Waals surface area contributed by atoms with Crippen LogP contribution in [-0.2, 0) is 4.79 Å². The number of aliphatic carboxylic acids is 1. The summed E-state index contributed by atoms with van der Waals surface area (Å²) >= 11 is 0. The number of carbonyl (C=O) groups is 1. The number of H-pyrrole nitrogens is 1. The van der Waals surface area contributed by atoms with E-state index in [-0.39, 0.29) is 12.4 Å². The molecule has 0 spiro atoms. The van der Waals surface area contributed by atoms with Gasteiger partial charge in [0.25, 0.3) is 0 Å². The molecule has 0 amide bonds. The van der Waals surface area contributed by atoms with E-state index in [9.17, 15) is 4.79 Å². The zero-order chi connectivity index (χ0) is 8.27.